The SMILES string of the molecule is CCC(C)N1CC(CC(=O)OC)CC(NCC(C)(C)C)C1. The van der Waals surface area contributed by atoms with Crippen molar-refractivity contribution in [2.75, 3.05) is 26.7 Å². The van der Waals surface area contributed by atoms with Crippen LogP contribution in [0.25, 0.3) is 0 Å². The van der Waals surface area contributed by atoms with Gasteiger partial charge in [-0.3, -0.25) is 9.69 Å². The lowest BCUT2D eigenvalue weighted by atomic mass is 9.89. The molecule has 1 heterocycles. The van der Waals surface area contributed by atoms with Crippen molar-refractivity contribution >= 4 is 5.97 Å². The largest absolute Gasteiger partial charge is 0.469 e. The van der Waals surface area contributed by atoms with Crippen LogP contribution in [0.15, 0.2) is 0 Å². The number of ether oxygens (including phenoxy) is 1. The highest BCUT2D eigenvalue weighted by atomic mass is 16.5. The third kappa shape index (κ3) is 6.79. The van der Waals surface area contributed by atoms with Crippen molar-refractivity contribution in [2.24, 2.45) is 11.3 Å². The molecule has 3 atom stereocenters. The molecule has 1 N–H and O–H groups in total. The van der Waals surface area contributed by atoms with E-state index in [0.29, 0.717) is 24.4 Å². The van der Waals surface area contributed by atoms with Crippen LogP contribution in [0.3, 0.4) is 0 Å². The molecular weight excluding hydrogens is 264 g/mol. The number of piperidine rings is 1. The molecule has 1 rings (SSSR count). The molecule has 0 saturated carbocycles. The smallest absolute Gasteiger partial charge is 0.305 e. The molecule has 4 nitrogen and oxygen atoms in total. The van der Waals surface area contributed by atoms with E-state index in [4.69, 9.17) is 4.74 Å². The highest BCUT2D eigenvalue weighted by molar-refractivity contribution is 5.69. The number of hydrogen-bond donors (Lipinski definition) is 1. The number of hydrogen-bond acceptors (Lipinski definition) is 4. The summed E-state index contributed by atoms with van der Waals surface area (Å²) in [5.74, 6) is 0.318. The monoisotopic (exact) mass is 298 g/mol. The molecule has 4 heteroatoms. The molecule has 1 aliphatic rings. The van der Waals surface area contributed by atoms with Gasteiger partial charge in [-0.25, -0.2) is 0 Å². The van der Waals surface area contributed by atoms with Gasteiger partial charge in [0.1, 0.15) is 0 Å². The highest BCUT2D eigenvalue weighted by Crippen LogP contribution is 2.24. The van der Waals surface area contributed by atoms with E-state index in [1.807, 2.05) is 0 Å². The Hall–Kier alpha value is -0.610. The lowest BCUT2D eigenvalue weighted by molar-refractivity contribution is -0.142. The Labute approximate surface area is 130 Å². The zero-order valence-electron chi connectivity index (χ0n) is 14.7. The number of nitrogens with zero attached hydrogens (tertiary/aromatic N) is 1. The molecule has 124 valence electrons. The van der Waals surface area contributed by atoms with Gasteiger partial charge in [0.2, 0.25) is 0 Å². The van der Waals surface area contributed by atoms with Crippen molar-refractivity contribution < 1.29 is 9.53 Å². The fourth-order valence-corrected chi connectivity index (χ4v) is 2.92. The van der Waals surface area contributed by atoms with Crippen LogP contribution < -0.4 is 5.32 Å². The van der Waals surface area contributed by atoms with Gasteiger partial charge in [0, 0.05) is 38.1 Å². The van der Waals surface area contributed by atoms with Gasteiger partial charge in [-0.2, -0.15) is 0 Å². The average Bonchev–Trinajstić information content (AvgIpc) is 2.43. The molecule has 0 amide bonds. The van der Waals surface area contributed by atoms with Crippen LogP contribution in [-0.2, 0) is 9.53 Å². The molecule has 0 aromatic rings. The summed E-state index contributed by atoms with van der Waals surface area (Å²) in [6.07, 6.45) is 2.76. The fraction of sp³-hybridized carbons (Fsp3) is 0.941. The van der Waals surface area contributed by atoms with Crippen LogP contribution in [0.5, 0.6) is 0 Å². The summed E-state index contributed by atoms with van der Waals surface area (Å²) in [6.45, 7) is 14.4. The van der Waals surface area contributed by atoms with E-state index in [9.17, 15) is 4.79 Å². The van der Waals surface area contributed by atoms with Crippen LogP contribution in [0.2, 0.25) is 0 Å². The molecular formula is C17H34N2O2. The second-order valence-corrected chi connectivity index (χ2v) is 7.73. The minimum absolute atomic E-state index is 0.0828. The summed E-state index contributed by atoms with van der Waals surface area (Å²) in [6, 6.07) is 1.05. The number of carbonyl (C=O) groups is 1. The zero-order valence-corrected chi connectivity index (χ0v) is 14.7. The Kier molecular flexibility index (Phi) is 7.14. The molecule has 21 heavy (non-hydrogen) atoms. The fourth-order valence-electron chi connectivity index (χ4n) is 2.92. The predicted molar refractivity (Wildman–Crippen MR) is 87.3 cm³/mol. The van der Waals surface area contributed by atoms with Gasteiger partial charge >= 0.3 is 5.97 Å². The quantitative estimate of drug-likeness (QED) is 0.766. The zero-order chi connectivity index (χ0) is 16.0. The van der Waals surface area contributed by atoms with E-state index in [0.717, 1.165) is 32.5 Å². The molecule has 1 saturated heterocycles. The average molecular weight is 298 g/mol. The summed E-state index contributed by atoms with van der Waals surface area (Å²) in [7, 11) is 1.48. The maximum atomic E-state index is 11.6. The van der Waals surface area contributed by atoms with Crippen LogP contribution in [0, 0.1) is 11.3 Å². The standard InChI is InChI=1S/C17H34N2O2/c1-7-13(2)19-10-14(9-16(20)21-6)8-15(11-19)18-12-17(3,4)5/h13-15,18H,7-12H2,1-6H3. The molecule has 0 bridgehead atoms. The Balaban J connectivity index is 2.63. The Morgan fingerprint density at radius 2 is 2.05 bits per heavy atom. The van der Waals surface area contributed by atoms with E-state index in [1.165, 1.54) is 7.11 Å². The Morgan fingerprint density at radius 1 is 1.38 bits per heavy atom. The van der Waals surface area contributed by atoms with Crippen molar-refractivity contribution in [2.45, 2.75) is 66.0 Å². The molecule has 0 spiro atoms. The molecule has 0 aliphatic carbocycles. The summed E-state index contributed by atoms with van der Waals surface area (Å²) < 4.78 is 4.85. The van der Waals surface area contributed by atoms with E-state index in [2.05, 4.69) is 44.8 Å². The third-order valence-electron chi connectivity index (χ3n) is 4.38. The maximum absolute atomic E-state index is 11.6. The first-order valence-electron chi connectivity index (χ1n) is 8.29. The third-order valence-corrected chi connectivity index (χ3v) is 4.38. The predicted octanol–water partition coefficient (Wildman–Crippen LogP) is 2.67. The molecule has 1 fully saturated rings. The minimum Gasteiger partial charge on any atom is -0.469 e. The number of likely N-dealkylation sites (tertiary alicyclic amines) is 1. The van der Waals surface area contributed by atoms with Gasteiger partial charge in [-0.15, -0.1) is 0 Å². The van der Waals surface area contributed by atoms with Crippen molar-refractivity contribution in [3.8, 4) is 0 Å². The van der Waals surface area contributed by atoms with Crippen LogP contribution in [0.4, 0.5) is 0 Å². The van der Waals surface area contributed by atoms with Gasteiger partial charge in [0.25, 0.3) is 0 Å². The first kappa shape index (κ1) is 18.4. The van der Waals surface area contributed by atoms with Crippen molar-refractivity contribution in [3.63, 3.8) is 0 Å². The molecule has 3 unspecified atom stereocenters. The van der Waals surface area contributed by atoms with Crippen LogP contribution >= 0.6 is 0 Å². The number of methoxy groups -OCH3 is 1. The number of esters is 1. The van der Waals surface area contributed by atoms with Gasteiger partial charge in [0.15, 0.2) is 0 Å². The van der Waals surface area contributed by atoms with Gasteiger partial charge in [-0.05, 0) is 31.1 Å². The second-order valence-electron chi connectivity index (χ2n) is 7.73. The van der Waals surface area contributed by atoms with E-state index in [1.54, 1.807) is 0 Å². The number of rotatable bonds is 6. The summed E-state index contributed by atoms with van der Waals surface area (Å²) in [5, 5.41) is 3.70. The Bertz CT molecular complexity index is 325. The lowest BCUT2D eigenvalue weighted by Gasteiger charge is -2.41. The van der Waals surface area contributed by atoms with E-state index < -0.39 is 0 Å². The van der Waals surface area contributed by atoms with Crippen molar-refractivity contribution in [1.29, 1.82) is 0 Å². The topological polar surface area (TPSA) is 41.6 Å². The molecule has 0 aromatic carbocycles. The first-order valence-corrected chi connectivity index (χ1v) is 8.29. The summed E-state index contributed by atoms with van der Waals surface area (Å²) in [4.78, 5) is 14.1. The van der Waals surface area contributed by atoms with Crippen molar-refractivity contribution in [1.82, 2.24) is 10.2 Å². The van der Waals surface area contributed by atoms with E-state index in [-0.39, 0.29) is 11.4 Å². The van der Waals surface area contributed by atoms with Gasteiger partial charge < -0.3 is 10.1 Å². The molecule has 0 radical (unpaired) electrons. The second kappa shape index (κ2) is 8.14. The molecule has 0 aromatic heterocycles. The normalized spacial score (nSPS) is 25.6. The first-order chi connectivity index (χ1) is 9.75. The summed E-state index contributed by atoms with van der Waals surface area (Å²) in [5.41, 5.74) is 0.288. The van der Waals surface area contributed by atoms with Crippen molar-refractivity contribution in [3.05, 3.63) is 0 Å². The minimum atomic E-state index is -0.0828. The number of nitrogens with one attached hydrogen (secondary N) is 1. The molecule has 1 aliphatic heterocycles. The van der Waals surface area contributed by atoms with Crippen LogP contribution in [-0.4, -0.2) is 49.7 Å². The summed E-state index contributed by atoms with van der Waals surface area (Å²) >= 11 is 0. The van der Waals surface area contributed by atoms with Gasteiger partial charge in [-0.1, -0.05) is 27.7 Å². The maximum Gasteiger partial charge on any atom is 0.305 e. The Morgan fingerprint density at radius 3 is 2.57 bits per heavy atom. The van der Waals surface area contributed by atoms with Crippen LogP contribution in [0.1, 0.15) is 53.9 Å². The highest BCUT2D eigenvalue weighted by Gasteiger charge is 2.31. The van der Waals surface area contributed by atoms with E-state index >= 15 is 0 Å². The lowest BCUT2D eigenvalue weighted by Crippen LogP contribution is -2.53. The number of carbonyl (C=O) groups excluding carboxylic acids is 1. The van der Waals surface area contributed by atoms with Gasteiger partial charge in [0.05, 0.1) is 7.11 Å².